The van der Waals surface area contributed by atoms with Gasteiger partial charge < -0.3 is 4.74 Å². The van der Waals surface area contributed by atoms with Gasteiger partial charge in [0.15, 0.2) is 0 Å². The molecule has 0 amide bonds. The van der Waals surface area contributed by atoms with Gasteiger partial charge in [0.25, 0.3) is 0 Å². The Bertz CT molecular complexity index is 405. The summed E-state index contributed by atoms with van der Waals surface area (Å²) >= 11 is 5.83. The standard InChI is InChI=1S/C15H17ClO/c1-12-14(6-3-11-17-12)5-2-4-13-7-9-15(16)10-8-13/h2,4,7-10,14H,1,3,5-6,11H2/b4-2+. The lowest BCUT2D eigenvalue weighted by molar-refractivity contribution is 0.130. The van der Waals surface area contributed by atoms with Crippen molar-refractivity contribution >= 4 is 17.7 Å². The number of hydrogen-bond acceptors (Lipinski definition) is 1. The second-order valence-corrected chi connectivity index (χ2v) is 4.78. The van der Waals surface area contributed by atoms with Gasteiger partial charge in [-0.05, 0) is 37.0 Å². The first-order valence-electron chi connectivity index (χ1n) is 5.99. The number of ether oxygens (including phenoxy) is 1. The molecule has 1 atom stereocenters. The van der Waals surface area contributed by atoms with Crippen LogP contribution in [0.5, 0.6) is 0 Å². The minimum atomic E-state index is 0.479. The lowest BCUT2D eigenvalue weighted by Gasteiger charge is -2.23. The Morgan fingerprint density at radius 1 is 1.35 bits per heavy atom. The van der Waals surface area contributed by atoms with E-state index in [2.05, 4.69) is 18.7 Å². The molecule has 2 heteroatoms. The normalized spacial score (nSPS) is 20.5. The van der Waals surface area contributed by atoms with E-state index in [4.69, 9.17) is 16.3 Å². The first-order chi connectivity index (χ1) is 8.25. The van der Waals surface area contributed by atoms with E-state index in [1.165, 1.54) is 12.0 Å². The van der Waals surface area contributed by atoms with E-state index in [-0.39, 0.29) is 0 Å². The fourth-order valence-corrected chi connectivity index (χ4v) is 2.13. The molecule has 0 radical (unpaired) electrons. The molecule has 0 bridgehead atoms. The van der Waals surface area contributed by atoms with E-state index in [0.29, 0.717) is 5.92 Å². The Labute approximate surface area is 108 Å². The highest BCUT2D eigenvalue weighted by molar-refractivity contribution is 6.30. The maximum Gasteiger partial charge on any atom is 0.0922 e. The molecule has 0 spiro atoms. The van der Waals surface area contributed by atoms with E-state index in [1.54, 1.807) is 0 Å². The summed E-state index contributed by atoms with van der Waals surface area (Å²) in [5, 5.41) is 0.774. The number of benzene rings is 1. The van der Waals surface area contributed by atoms with Crippen LogP contribution in [0.15, 0.2) is 42.7 Å². The molecule has 1 aliphatic rings. The van der Waals surface area contributed by atoms with Crippen molar-refractivity contribution in [1.29, 1.82) is 0 Å². The van der Waals surface area contributed by atoms with Gasteiger partial charge in [-0.15, -0.1) is 0 Å². The zero-order valence-corrected chi connectivity index (χ0v) is 10.6. The molecule has 1 heterocycles. The third kappa shape index (κ3) is 3.64. The predicted molar refractivity (Wildman–Crippen MR) is 72.9 cm³/mol. The highest BCUT2D eigenvalue weighted by Gasteiger charge is 2.16. The Morgan fingerprint density at radius 2 is 2.12 bits per heavy atom. The Hall–Kier alpha value is -1.21. The van der Waals surface area contributed by atoms with Crippen molar-refractivity contribution in [2.45, 2.75) is 19.3 Å². The van der Waals surface area contributed by atoms with Crippen LogP contribution in [0.25, 0.3) is 6.08 Å². The van der Waals surface area contributed by atoms with Gasteiger partial charge in [0.05, 0.1) is 12.4 Å². The molecule has 1 aliphatic heterocycles. The van der Waals surface area contributed by atoms with Gasteiger partial charge in [-0.2, -0.15) is 0 Å². The first kappa shape index (κ1) is 12.3. The molecule has 1 unspecified atom stereocenters. The molecule has 0 aromatic heterocycles. The quantitative estimate of drug-likeness (QED) is 0.755. The van der Waals surface area contributed by atoms with Crippen LogP contribution in [-0.4, -0.2) is 6.61 Å². The van der Waals surface area contributed by atoms with Crippen LogP contribution in [0, 0.1) is 5.92 Å². The highest BCUT2D eigenvalue weighted by atomic mass is 35.5. The van der Waals surface area contributed by atoms with E-state index in [0.717, 1.165) is 30.2 Å². The van der Waals surface area contributed by atoms with Crippen molar-refractivity contribution in [3.63, 3.8) is 0 Å². The third-order valence-corrected chi connectivity index (χ3v) is 3.29. The molecular formula is C15H17ClO. The van der Waals surface area contributed by atoms with Crippen LogP contribution in [0.3, 0.4) is 0 Å². The molecule has 0 saturated carbocycles. The van der Waals surface area contributed by atoms with Crippen molar-refractivity contribution < 1.29 is 4.74 Å². The zero-order chi connectivity index (χ0) is 12.1. The smallest absolute Gasteiger partial charge is 0.0922 e. The maximum atomic E-state index is 5.83. The molecule has 1 aromatic rings. The summed E-state index contributed by atoms with van der Waals surface area (Å²) in [6, 6.07) is 7.85. The van der Waals surface area contributed by atoms with Gasteiger partial charge in [0.1, 0.15) is 0 Å². The van der Waals surface area contributed by atoms with E-state index >= 15 is 0 Å². The zero-order valence-electron chi connectivity index (χ0n) is 9.86. The summed E-state index contributed by atoms with van der Waals surface area (Å²) in [5.74, 6) is 1.42. The molecule has 1 saturated heterocycles. The first-order valence-corrected chi connectivity index (χ1v) is 6.37. The molecule has 1 fully saturated rings. The molecule has 90 valence electrons. The highest BCUT2D eigenvalue weighted by Crippen LogP contribution is 2.26. The van der Waals surface area contributed by atoms with Crippen molar-refractivity contribution in [1.82, 2.24) is 0 Å². The van der Waals surface area contributed by atoms with E-state index in [1.807, 2.05) is 24.3 Å². The Morgan fingerprint density at radius 3 is 2.82 bits per heavy atom. The van der Waals surface area contributed by atoms with Crippen molar-refractivity contribution in [2.24, 2.45) is 5.92 Å². The van der Waals surface area contributed by atoms with Crippen LogP contribution in [-0.2, 0) is 4.74 Å². The summed E-state index contributed by atoms with van der Waals surface area (Å²) in [6.07, 6.45) is 7.63. The average Bonchev–Trinajstić information content (AvgIpc) is 2.34. The summed E-state index contributed by atoms with van der Waals surface area (Å²) in [7, 11) is 0. The summed E-state index contributed by atoms with van der Waals surface area (Å²) in [6.45, 7) is 4.79. The Balaban J connectivity index is 1.88. The van der Waals surface area contributed by atoms with Gasteiger partial charge in [0.2, 0.25) is 0 Å². The molecule has 17 heavy (non-hydrogen) atoms. The largest absolute Gasteiger partial charge is 0.498 e. The lowest BCUT2D eigenvalue weighted by Crippen LogP contribution is -2.13. The number of allylic oxidation sites excluding steroid dienone is 2. The minimum absolute atomic E-state index is 0.479. The molecule has 0 aliphatic carbocycles. The van der Waals surface area contributed by atoms with Gasteiger partial charge in [-0.1, -0.05) is 42.5 Å². The van der Waals surface area contributed by atoms with Crippen molar-refractivity contribution in [3.05, 3.63) is 53.3 Å². The van der Waals surface area contributed by atoms with Crippen LogP contribution >= 0.6 is 11.6 Å². The minimum Gasteiger partial charge on any atom is -0.498 e. The predicted octanol–water partition coefficient (Wildman–Crippen LogP) is 4.68. The topological polar surface area (TPSA) is 9.23 Å². The lowest BCUT2D eigenvalue weighted by atomic mass is 9.95. The molecule has 2 rings (SSSR count). The molecular weight excluding hydrogens is 232 g/mol. The SMILES string of the molecule is C=C1OCCCC1C/C=C/c1ccc(Cl)cc1. The van der Waals surface area contributed by atoms with Crippen molar-refractivity contribution in [2.75, 3.05) is 6.61 Å². The van der Waals surface area contributed by atoms with E-state index in [9.17, 15) is 0 Å². The summed E-state index contributed by atoms with van der Waals surface area (Å²) in [4.78, 5) is 0. The number of halogens is 1. The van der Waals surface area contributed by atoms with Crippen LogP contribution < -0.4 is 0 Å². The fraction of sp³-hybridized carbons (Fsp3) is 0.333. The average molecular weight is 249 g/mol. The van der Waals surface area contributed by atoms with Crippen LogP contribution in [0.2, 0.25) is 5.02 Å². The number of hydrogen-bond donors (Lipinski definition) is 0. The Kier molecular flexibility index (Phi) is 4.27. The summed E-state index contributed by atoms with van der Waals surface area (Å²) in [5.41, 5.74) is 1.18. The van der Waals surface area contributed by atoms with Gasteiger partial charge in [0, 0.05) is 10.9 Å². The second-order valence-electron chi connectivity index (χ2n) is 4.34. The molecule has 1 nitrogen and oxygen atoms in total. The second kappa shape index (κ2) is 5.92. The number of rotatable bonds is 3. The van der Waals surface area contributed by atoms with E-state index < -0.39 is 0 Å². The van der Waals surface area contributed by atoms with Crippen molar-refractivity contribution in [3.8, 4) is 0 Å². The summed E-state index contributed by atoms with van der Waals surface area (Å²) < 4.78 is 5.46. The molecule has 0 N–H and O–H groups in total. The monoisotopic (exact) mass is 248 g/mol. The van der Waals surface area contributed by atoms with Gasteiger partial charge in [-0.3, -0.25) is 0 Å². The third-order valence-electron chi connectivity index (χ3n) is 3.04. The molecule has 1 aromatic carbocycles. The van der Waals surface area contributed by atoms with Gasteiger partial charge >= 0.3 is 0 Å². The fourth-order valence-electron chi connectivity index (χ4n) is 2.00. The van der Waals surface area contributed by atoms with Crippen LogP contribution in [0.1, 0.15) is 24.8 Å². The maximum absolute atomic E-state index is 5.83. The van der Waals surface area contributed by atoms with Gasteiger partial charge in [-0.25, -0.2) is 0 Å². The van der Waals surface area contributed by atoms with Crippen LogP contribution in [0.4, 0.5) is 0 Å².